The molecule has 3 nitrogen and oxygen atoms in total. The number of esters is 1. The van der Waals surface area contributed by atoms with E-state index in [4.69, 9.17) is 0 Å². The predicted octanol–water partition coefficient (Wildman–Crippen LogP) is 3.09. The number of ether oxygens (including phenoxy) is 1. The van der Waals surface area contributed by atoms with E-state index < -0.39 is 0 Å². The number of rotatable bonds is 2. The van der Waals surface area contributed by atoms with Crippen molar-refractivity contribution in [2.24, 2.45) is 0 Å². The molecule has 2 aromatic rings. The molecule has 0 unspecified atom stereocenters. The van der Waals surface area contributed by atoms with Gasteiger partial charge in [0.15, 0.2) is 0 Å². The summed E-state index contributed by atoms with van der Waals surface area (Å²) >= 11 is 3.33. The number of fused-ring (bicyclic) bond motifs is 1. The Kier molecular flexibility index (Phi) is 4.06. The molecule has 0 saturated carbocycles. The molecule has 0 spiro atoms. The van der Waals surface area contributed by atoms with Crippen molar-refractivity contribution in [1.29, 1.82) is 0 Å². The Labute approximate surface area is 114 Å². The van der Waals surface area contributed by atoms with Crippen LogP contribution in [-0.2, 0) is 4.74 Å². The maximum absolute atomic E-state index is 11.4. The van der Waals surface area contributed by atoms with Crippen molar-refractivity contribution in [1.82, 2.24) is 4.98 Å². The minimum absolute atomic E-state index is 0.363. The molecular weight excluding hydrogens is 294 g/mol. The van der Waals surface area contributed by atoms with Gasteiger partial charge in [0.2, 0.25) is 0 Å². The number of carbonyl (C=O) groups excluding carboxylic acids is 1. The zero-order valence-electron chi connectivity index (χ0n) is 9.92. The highest BCUT2D eigenvalue weighted by molar-refractivity contribution is 9.09. The Morgan fingerprint density at radius 1 is 1.44 bits per heavy atom. The van der Waals surface area contributed by atoms with Crippen LogP contribution < -0.4 is 0 Å². The van der Waals surface area contributed by atoms with Crippen molar-refractivity contribution in [3.05, 3.63) is 35.5 Å². The Bertz CT molecular complexity index is 634. The third kappa shape index (κ3) is 2.74. The number of benzene rings is 1. The zero-order chi connectivity index (χ0) is 13.0. The molecule has 0 bridgehead atoms. The topological polar surface area (TPSA) is 42.1 Å². The van der Waals surface area contributed by atoms with Gasteiger partial charge in [0, 0.05) is 28.2 Å². The van der Waals surface area contributed by atoms with Crippen molar-refractivity contribution in [3.63, 3.8) is 0 Å². The first kappa shape index (κ1) is 12.7. The molecule has 0 radical (unpaired) electrons. The lowest BCUT2D eigenvalue weighted by Crippen LogP contribution is -2.00. The quantitative estimate of drug-likeness (QED) is 0.526. The maximum Gasteiger partial charge on any atom is 0.354 e. The number of hydrogen-bond donors (Lipinski definition) is 1. The molecule has 18 heavy (non-hydrogen) atoms. The van der Waals surface area contributed by atoms with Gasteiger partial charge in [-0.05, 0) is 18.2 Å². The molecule has 0 fully saturated rings. The van der Waals surface area contributed by atoms with E-state index in [2.05, 4.69) is 37.5 Å². The molecule has 1 aromatic carbocycles. The molecule has 0 atom stereocenters. The van der Waals surface area contributed by atoms with Crippen LogP contribution in [0.5, 0.6) is 0 Å². The SMILES string of the molecule is COC(=O)c1cc2ccc(C#CCCBr)cc2[nH]1. The maximum atomic E-state index is 11.4. The highest BCUT2D eigenvalue weighted by atomic mass is 79.9. The number of aromatic nitrogens is 1. The first-order valence-corrected chi connectivity index (χ1v) is 6.62. The van der Waals surface area contributed by atoms with Crippen molar-refractivity contribution < 1.29 is 9.53 Å². The third-order valence-corrected chi connectivity index (χ3v) is 2.88. The van der Waals surface area contributed by atoms with Crippen LogP contribution in [0.4, 0.5) is 0 Å². The van der Waals surface area contributed by atoms with Gasteiger partial charge in [0.1, 0.15) is 5.69 Å². The Morgan fingerprint density at radius 2 is 2.28 bits per heavy atom. The molecule has 0 aliphatic rings. The van der Waals surface area contributed by atoms with Gasteiger partial charge in [-0.15, -0.1) is 0 Å². The Balaban J connectivity index is 2.34. The Hall–Kier alpha value is -1.73. The van der Waals surface area contributed by atoms with Gasteiger partial charge in [-0.1, -0.05) is 33.8 Å². The molecular formula is C14H12BrNO2. The summed E-state index contributed by atoms with van der Waals surface area (Å²) in [5.74, 6) is 5.77. The van der Waals surface area contributed by atoms with Crippen LogP contribution in [0.1, 0.15) is 22.5 Å². The summed E-state index contributed by atoms with van der Waals surface area (Å²) in [4.78, 5) is 14.4. The van der Waals surface area contributed by atoms with E-state index in [0.29, 0.717) is 5.69 Å². The summed E-state index contributed by atoms with van der Waals surface area (Å²) < 4.78 is 4.67. The van der Waals surface area contributed by atoms with Crippen LogP contribution in [0.15, 0.2) is 24.3 Å². The number of alkyl halides is 1. The largest absolute Gasteiger partial charge is 0.464 e. The van der Waals surface area contributed by atoms with Crippen LogP contribution in [0.2, 0.25) is 0 Å². The number of aromatic amines is 1. The fourth-order valence-corrected chi connectivity index (χ4v) is 1.83. The average Bonchev–Trinajstić information content (AvgIpc) is 2.81. The summed E-state index contributed by atoms with van der Waals surface area (Å²) in [6, 6.07) is 7.59. The highest BCUT2D eigenvalue weighted by Gasteiger charge is 2.08. The van der Waals surface area contributed by atoms with Crippen molar-refractivity contribution >= 4 is 32.8 Å². The number of hydrogen-bond acceptors (Lipinski definition) is 2. The normalized spacial score (nSPS) is 9.89. The summed E-state index contributed by atoms with van der Waals surface area (Å²) in [5.41, 5.74) is 2.28. The molecule has 2 rings (SSSR count). The summed E-state index contributed by atoms with van der Waals surface area (Å²) in [5, 5.41) is 1.85. The number of halogens is 1. The van der Waals surface area contributed by atoms with Gasteiger partial charge >= 0.3 is 5.97 Å². The minimum atomic E-state index is -0.363. The smallest absolute Gasteiger partial charge is 0.354 e. The van der Waals surface area contributed by atoms with Crippen LogP contribution in [0.3, 0.4) is 0 Å². The molecule has 0 saturated heterocycles. The predicted molar refractivity (Wildman–Crippen MR) is 74.9 cm³/mol. The van der Waals surface area contributed by atoms with Crippen LogP contribution in [-0.4, -0.2) is 23.4 Å². The molecule has 4 heteroatoms. The minimum Gasteiger partial charge on any atom is -0.464 e. The first-order valence-electron chi connectivity index (χ1n) is 5.50. The van der Waals surface area contributed by atoms with E-state index in [1.807, 2.05) is 18.2 Å². The lowest BCUT2D eigenvalue weighted by Gasteiger charge is -1.92. The van der Waals surface area contributed by atoms with Crippen molar-refractivity contribution in [2.45, 2.75) is 6.42 Å². The monoisotopic (exact) mass is 305 g/mol. The summed E-state index contributed by atoms with van der Waals surface area (Å²) in [6.07, 6.45) is 0.816. The summed E-state index contributed by atoms with van der Waals surface area (Å²) in [7, 11) is 1.37. The van der Waals surface area contributed by atoms with Gasteiger partial charge in [0.25, 0.3) is 0 Å². The molecule has 1 heterocycles. The van der Waals surface area contributed by atoms with Gasteiger partial charge in [-0.3, -0.25) is 0 Å². The molecule has 1 N–H and O–H groups in total. The lowest BCUT2D eigenvalue weighted by molar-refractivity contribution is 0.0595. The van der Waals surface area contributed by atoms with Crippen LogP contribution >= 0.6 is 15.9 Å². The fourth-order valence-electron chi connectivity index (χ4n) is 1.64. The molecule has 0 aliphatic heterocycles. The standard InChI is InChI=1S/C14H12BrNO2/c1-18-14(17)13-9-11-6-5-10(4-2-3-7-15)8-12(11)16-13/h5-6,8-9,16H,3,7H2,1H3. The lowest BCUT2D eigenvalue weighted by atomic mass is 10.1. The first-order chi connectivity index (χ1) is 8.74. The van der Waals surface area contributed by atoms with Crippen LogP contribution in [0.25, 0.3) is 10.9 Å². The second-order valence-electron chi connectivity index (χ2n) is 3.72. The third-order valence-electron chi connectivity index (χ3n) is 2.48. The zero-order valence-corrected chi connectivity index (χ0v) is 11.5. The van der Waals surface area contributed by atoms with E-state index in [1.165, 1.54) is 7.11 Å². The van der Waals surface area contributed by atoms with E-state index in [-0.39, 0.29) is 5.97 Å². The molecule has 0 amide bonds. The number of nitrogens with one attached hydrogen (secondary N) is 1. The highest BCUT2D eigenvalue weighted by Crippen LogP contribution is 2.17. The van der Waals surface area contributed by atoms with Crippen molar-refractivity contribution in [2.75, 3.05) is 12.4 Å². The second kappa shape index (κ2) is 5.74. The van der Waals surface area contributed by atoms with E-state index in [9.17, 15) is 4.79 Å². The van der Waals surface area contributed by atoms with Gasteiger partial charge in [-0.25, -0.2) is 4.79 Å². The summed E-state index contributed by atoms with van der Waals surface area (Å²) in [6.45, 7) is 0. The van der Waals surface area contributed by atoms with Crippen molar-refractivity contribution in [3.8, 4) is 11.8 Å². The van der Waals surface area contributed by atoms with E-state index in [1.54, 1.807) is 6.07 Å². The van der Waals surface area contributed by atoms with Gasteiger partial charge in [-0.2, -0.15) is 0 Å². The van der Waals surface area contributed by atoms with Crippen LogP contribution in [0, 0.1) is 11.8 Å². The number of carbonyl (C=O) groups is 1. The number of H-pyrrole nitrogens is 1. The molecule has 1 aromatic heterocycles. The molecule has 0 aliphatic carbocycles. The van der Waals surface area contributed by atoms with Gasteiger partial charge < -0.3 is 9.72 Å². The number of methoxy groups -OCH3 is 1. The Morgan fingerprint density at radius 3 is 3.00 bits per heavy atom. The van der Waals surface area contributed by atoms with E-state index >= 15 is 0 Å². The van der Waals surface area contributed by atoms with Gasteiger partial charge in [0.05, 0.1) is 7.11 Å². The average molecular weight is 306 g/mol. The fraction of sp³-hybridized carbons (Fsp3) is 0.214. The molecule has 92 valence electrons. The second-order valence-corrected chi connectivity index (χ2v) is 4.51. The van der Waals surface area contributed by atoms with E-state index in [0.717, 1.165) is 28.2 Å².